The Hall–Kier alpha value is -1.75. The number of rotatable bonds is 8. The van der Waals surface area contributed by atoms with Gasteiger partial charge in [0.05, 0.1) is 6.54 Å². The summed E-state index contributed by atoms with van der Waals surface area (Å²) in [6.07, 6.45) is -0.639. The van der Waals surface area contributed by atoms with Crippen LogP contribution in [0.15, 0.2) is 29.3 Å². The summed E-state index contributed by atoms with van der Waals surface area (Å²) >= 11 is 0. The van der Waals surface area contributed by atoms with Gasteiger partial charge in [-0.15, -0.1) is 0 Å². The molecule has 23 heavy (non-hydrogen) atoms. The summed E-state index contributed by atoms with van der Waals surface area (Å²) in [5, 5.41) is 16.6. The Morgan fingerprint density at radius 3 is 2.65 bits per heavy atom. The van der Waals surface area contributed by atoms with Gasteiger partial charge >= 0.3 is 0 Å². The number of ether oxygens (including phenoxy) is 1. The molecule has 0 aromatic heterocycles. The lowest BCUT2D eigenvalue weighted by Gasteiger charge is -2.21. The molecular weight excluding hydrogens is 290 g/mol. The topological polar surface area (TPSA) is 65.9 Å². The van der Waals surface area contributed by atoms with E-state index in [2.05, 4.69) is 36.4 Å². The molecular formula is C18H31N3O2. The minimum atomic E-state index is -0.639. The maximum atomic E-state index is 10.1. The van der Waals surface area contributed by atoms with Crippen molar-refractivity contribution in [3.8, 4) is 5.75 Å². The van der Waals surface area contributed by atoms with Gasteiger partial charge in [0.25, 0.3) is 0 Å². The van der Waals surface area contributed by atoms with Crippen LogP contribution in [0.4, 0.5) is 0 Å². The summed E-state index contributed by atoms with van der Waals surface area (Å²) in [6, 6.07) is 8.10. The van der Waals surface area contributed by atoms with Crippen molar-refractivity contribution in [1.29, 1.82) is 0 Å². The number of aryl methyl sites for hydroxylation is 1. The molecule has 0 aliphatic rings. The number of aliphatic hydroxyl groups excluding tert-OH is 1. The summed E-state index contributed by atoms with van der Waals surface area (Å²) in [7, 11) is 0. The maximum absolute atomic E-state index is 10.1. The van der Waals surface area contributed by atoms with E-state index in [9.17, 15) is 5.11 Å². The summed E-state index contributed by atoms with van der Waals surface area (Å²) in [4.78, 5) is 4.43. The Morgan fingerprint density at radius 1 is 1.30 bits per heavy atom. The zero-order chi connectivity index (χ0) is 17.2. The van der Waals surface area contributed by atoms with Crippen LogP contribution in [0.5, 0.6) is 5.75 Å². The van der Waals surface area contributed by atoms with Crippen molar-refractivity contribution in [3.05, 3.63) is 29.8 Å². The minimum absolute atomic E-state index is 0.228. The van der Waals surface area contributed by atoms with Crippen LogP contribution in [0.3, 0.4) is 0 Å². The van der Waals surface area contributed by atoms with Crippen LogP contribution in [0.1, 0.15) is 33.3 Å². The van der Waals surface area contributed by atoms with E-state index in [1.54, 1.807) is 0 Å². The molecule has 130 valence electrons. The van der Waals surface area contributed by atoms with E-state index in [1.807, 2.05) is 38.1 Å². The first-order chi connectivity index (χ1) is 10.9. The van der Waals surface area contributed by atoms with Crippen LogP contribution in [-0.2, 0) is 0 Å². The number of nitrogens with one attached hydrogen (secondary N) is 2. The molecule has 0 saturated heterocycles. The van der Waals surface area contributed by atoms with Crippen LogP contribution < -0.4 is 15.4 Å². The smallest absolute Gasteiger partial charge is 0.191 e. The minimum Gasteiger partial charge on any atom is -0.491 e. The van der Waals surface area contributed by atoms with Gasteiger partial charge in [0.2, 0.25) is 0 Å². The van der Waals surface area contributed by atoms with E-state index in [-0.39, 0.29) is 6.61 Å². The van der Waals surface area contributed by atoms with E-state index >= 15 is 0 Å². The average Bonchev–Trinajstić information content (AvgIpc) is 2.50. The van der Waals surface area contributed by atoms with Crippen molar-refractivity contribution in [2.24, 2.45) is 10.9 Å². The Bertz CT molecular complexity index is 489. The highest BCUT2D eigenvalue weighted by molar-refractivity contribution is 5.80. The molecule has 0 spiro atoms. The van der Waals surface area contributed by atoms with Crippen LogP contribution in [-0.4, -0.2) is 42.9 Å². The second-order valence-corrected chi connectivity index (χ2v) is 6.18. The van der Waals surface area contributed by atoms with Gasteiger partial charge in [0.1, 0.15) is 18.5 Å². The molecule has 0 heterocycles. The fraction of sp³-hybridized carbons (Fsp3) is 0.611. The van der Waals surface area contributed by atoms with Crippen molar-refractivity contribution < 1.29 is 9.84 Å². The Morgan fingerprint density at radius 2 is 2.04 bits per heavy atom. The Kier molecular flexibility index (Phi) is 8.48. The van der Waals surface area contributed by atoms with Crippen LogP contribution in [0.25, 0.3) is 0 Å². The van der Waals surface area contributed by atoms with Gasteiger partial charge in [-0.2, -0.15) is 0 Å². The van der Waals surface area contributed by atoms with Crippen LogP contribution in [0.2, 0.25) is 0 Å². The van der Waals surface area contributed by atoms with E-state index in [1.165, 1.54) is 0 Å². The van der Waals surface area contributed by atoms with E-state index in [0.717, 1.165) is 23.8 Å². The van der Waals surface area contributed by atoms with Crippen molar-refractivity contribution in [3.63, 3.8) is 0 Å². The third-order valence-corrected chi connectivity index (χ3v) is 3.60. The van der Waals surface area contributed by atoms with Gasteiger partial charge in [-0.25, -0.2) is 0 Å². The molecule has 1 rings (SSSR count). The number of aliphatic hydroxyl groups is 1. The number of hydrogen-bond donors (Lipinski definition) is 3. The summed E-state index contributed by atoms with van der Waals surface area (Å²) in [5.41, 5.74) is 1.14. The highest BCUT2D eigenvalue weighted by Gasteiger charge is 2.10. The second-order valence-electron chi connectivity index (χ2n) is 6.18. The van der Waals surface area contributed by atoms with Gasteiger partial charge in [0, 0.05) is 12.6 Å². The lowest BCUT2D eigenvalue weighted by atomic mass is 10.1. The molecule has 0 radical (unpaired) electrons. The molecule has 1 aromatic rings. The number of benzene rings is 1. The molecule has 3 N–H and O–H groups in total. The van der Waals surface area contributed by atoms with Gasteiger partial charge in [0.15, 0.2) is 5.96 Å². The van der Waals surface area contributed by atoms with Crippen molar-refractivity contribution >= 4 is 5.96 Å². The quantitative estimate of drug-likeness (QED) is 0.508. The fourth-order valence-corrected chi connectivity index (χ4v) is 1.85. The van der Waals surface area contributed by atoms with Gasteiger partial charge in [-0.05, 0) is 44.4 Å². The van der Waals surface area contributed by atoms with E-state index in [4.69, 9.17) is 4.74 Å². The molecule has 2 unspecified atom stereocenters. The second kappa shape index (κ2) is 10.1. The SMILES string of the molecule is CCNC(=NCC(O)COc1cccc(C)c1)NC(C)C(C)C. The highest BCUT2D eigenvalue weighted by atomic mass is 16.5. The number of guanidine groups is 1. The Labute approximate surface area is 140 Å². The van der Waals surface area contributed by atoms with E-state index in [0.29, 0.717) is 18.5 Å². The van der Waals surface area contributed by atoms with Crippen LogP contribution in [0, 0.1) is 12.8 Å². The Balaban J connectivity index is 2.47. The van der Waals surface area contributed by atoms with Crippen molar-refractivity contribution in [1.82, 2.24) is 10.6 Å². The fourth-order valence-electron chi connectivity index (χ4n) is 1.85. The third kappa shape index (κ3) is 7.88. The first-order valence-electron chi connectivity index (χ1n) is 8.34. The molecule has 0 aliphatic heterocycles. The lowest BCUT2D eigenvalue weighted by molar-refractivity contribution is 0.114. The zero-order valence-corrected chi connectivity index (χ0v) is 15.0. The van der Waals surface area contributed by atoms with Gasteiger partial charge in [-0.1, -0.05) is 26.0 Å². The van der Waals surface area contributed by atoms with Gasteiger partial charge < -0.3 is 20.5 Å². The molecule has 5 heteroatoms. The molecule has 1 aromatic carbocycles. The first kappa shape index (κ1) is 19.3. The van der Waals surface area contributed by atoms with Gasteiger partial charge in [-0.3, -0.25) is 4.99 Å². The molecule has 0 aliphatic carbocycles. The molecule has 0 amide bonds. The lowest BCUT2D eigenvalue weighted by Crippen LogP contribution is -2.44. The number of hydrogen-bond acceptors (Lipinski definition) is 3. The normalized spacial score (nSPS) is 14.5. The zero-order valence-electron chi connectivity index (χ0n) is 15.0. The summed E-state index contributed by atoms with van der Waals surface area (Å²) in [6.45, 7) is 11.8. The predicted molar refractivity (Wildman–Crippen MR) is 96.1 cm³/mol. The molecule has 0 bridgehead atoms. The van der Waals surface area contributed by atoms with Crippen molar-refractivity contribution in [2.45, 2.75) is 46.8 Å². The third-order valence-electron chi connectivity index (χ3n) is 3.60. The standard InChI is InChI=1S/C18H31N3O2/c1-6-19-18(21-15(5)13(2)3)20-11-16(22)12-23-17-9-7-8-14(4)10-17/h7-10,13,15-16,22H,6,11-12H2,1-5H3,(H2,19,20,21). The van der Waals surface area contributed by atoms with E-state index < -0.39 is 6.10 Å². The highest BCUT2D eigenvalue weighted by Crippen LogP contribution is 2.12. The number of aliphatic imine (C=N–C) groups is 1. The first-order valence-corrected chi connectivity index (χ1v) is 8.34. The maximum Gasteiger partial charge on any atom is 0.191 e. The summed E-state index contributed by atoms with van der Waals surface area (Å²) < 4.78 is 5.60. The summed E-state index contributed by atoms with van der Waals surface area (Å²) in [5.74, 6) is 2.00. The molecule has 2 atom stereocenters. The monoisotopic (exact) mass is 321 g/mol. The predicted octanol–water partition coefficient (Wildman–Crippen LogP) is 2.33. The molecule has 0 saturated carbocycles. The van der Waals surface area contributed by atoms with Crippen molar-refractivity contribution in [2.75, 3.05) is 19.7 Å². The largest absolute Gasteiger partial charge is 0.491 e. The molecule has 5 nitrogen and oxygen atoms in total. The average molecular weight is 321 g/mol. The molecule has 0 fully saturated rings. The number of nitrogens with zero attached hydrogens (tertiary/aromatic N) is 1. The van der Waals surface area contributed by atoms with Crippen LogP contribution >= 0.6 is 0 Å².